The van der Waals surface area contributed by atoms with E-state index in [0.29, 0.717) is 0 Å². The van der Waals surface area contributed by atoms with E-state index in [1.54, 1.807) is 0 Å². The molecule has 0 aromatic rings. The number of rotatable bonds is 20. The zero-order valence-corrected chi connectivity index (χ0v) is 26.8. The van der Waals surface area contributed by atoms with Gasteiger partial charge in [-0.15, -0.1) is 0 Å². The van der Waals surface area contributed by atoms with Crippen molar-refractivity contribution >= 4 is 11.8 Å². The average molecular weight is 904 g/mol. The van der Waals surface area contributed by atoms with Crippen LogP contribution >= 0.6 is 0 Å². The van der Waals surface area contributed by atoms with Crippen molar-refractivity contribution in [2.24, 2.45) is 0 Å². The maximum absolute atomic E-state index is 13.6. The van der Waals surface area contributed by atoms with Crippen molar-refractivity contribution in [2.45, 2.75) is 123 Å². The molecule has 0 aliphatic heterocycles. The summed E-state index contributed by atoms with van der Waals surface area (Å²) in [5, 5.41) is 8.00. The number of hydrogen-bond acceptors (Lipinski definition) is 3. The van der Waals surface area contributed by atoms with E-state index in [1.807, 2.05) is 0 Å². The van der Waals surface area contributed by atoms with E-state index >= 15 is 0 Å². The normalized spacial score (nSPS) is 15.7. The molecule has 0 amide bonds. The SMILES string of the molecule is CC(=O)COCCC(F)(F)C(F)(F)C(F)(F)C(F)(F)C(F)(F)C(F)(F)C(F)(F)C(F)(F)C(C)(F)F.CC(F)(F)C(F)(F)C(F)(F)C(F)(F)C(F)(F)CCC(=O)O. The van der Waals surface area contributed by atoms with Gasteiger partial charge in [0.05, 0.1) is 13.0 Å². The minimum Gasteiger partial charge on any atom is -0.481 e. The second-order valence-corrected chi connectivity index (χ2v) is 11.3. The number of carbonyl (C=O) groups excluding carboxylic acids is 1. The number of Topliss-reactive ketones (excluding diaryl/α,β-unsaturated/α-hetero) is 1. The molecular weight excluding hydrogens is 884 g/mol. The number of carboxylic acid groups (broad SMARTS) is 1. The Bertz CT molecular complexity index is 1360. The number of ether oxygens (including phenoxy) is 1. The van der Waals surface area contributed by atoms with Crippen LogP contribution in [-0.2, 0) is 14.3 Å². The van der Waals surface area contributed by atoms with Gasteiger partial charge in [-0.3, -0.25) is 9.59 Å². The monoisotopic (exact) mass is 904 g/mol. The van der Waals surface area contributed by atoms with E-state index in [9.17, 15) is 133 Å². The molecule has 0 unspecified atom stereocenters. The topological polar surface area (TPSA) is 63.6 Å². The third-order valence-corrected chi connectivity index (χ3v) is 6.69. The molecule has 336 valence electrons. The van der Waals surface area contributed by atoms with E-state index in [-0.39, 0.29) is 0 Å². The van der Waals surface area contributed by atoms with Crippen LogP contribution in [0.15, 0.2) is 0 Å². The van der Waals surface area contributed by atoms with E-state index in [0.717, 1.165) is 6.92 Å². The van der Waals surface area contributed by atoms with Gasteiger partial charge in [0.2, 0.25) is 0 Å². The van der Waals surface area contributed by atoms with Crippen molar-refractivity contribution in [3.05, 3.63) is 0 Å². The number of carbonyl (C=O) groups is 2. The van der Waals surface area contributed by atoms with Gasteiger partial charge in [-0.2, -0.15) is 123 Å². The highest BCUT2D eigenvalue weighted by Gasteiger charge is 2.96. The number of ketones is 1. The Morgan fingerprint density at radius 2 is 0.643 bits per heavy atom. The van der Waals surface area contributed by atoms with Crippen molar-refractivity contribution in [1.82, 2.24) is 0 Å². The number of carboxylic acids is 1. The van der Waals surface area contributed by atoms with Gasteiger partial charge in [-0.1, -0.05) is 0 Å². The van der Waals surface area contributed by atoms with Crippen molar-refractivity contribution in [3.8, 4) is 0 Å². The fourth-order valence-corrected chi connectivity index (χ4v) is 3.19. The van der Waals surface area contributed by atoms with E-state index in [1.165, 1.54) is 0 Å². The first kappa shape index (κ1) is 55.2. The molecule has 0 spiro atoms. The second-order valence-electron chi connectivity index (χ2n) is 11.3. The summed E-state index contributed by atoms with van der Waals surface area (Å²) in [7, 11) is 0. The van der Waals surface area contributed by atoms with Gasteiger partial charge in [0.25, 0.3) is 0 Å². The zero-order valence-electron chi connectivity index (χ0n) is 26.8. The van der Waals surface area contributed by atoms with Crippen LogP contribution in [0.3, 0.4) is 0 Å². The number of hydrogen-bond donors (Lipinski definition) is 1. The third-order valence-electron chi connectivity index (χ3n) is 6.69. The van der Waals surface area contributed by atoms with E-state index in [2.05, 4.69) is 4.74 Å². The quantitative estimate of drug-likeness (QED) is 0.0977. The Kier molecular flexibility index (Phi) is 15.5. The molecule has 0 atom stereocenters. The van der Waals surface area contributed by atoms with Gasteiger partial charge in [0.15, 0.2) is 5.78 Å². The van der Waals surface area contributed by atoms with E-state index in [4.69, 9.17) is 5.11 Å². The maximum atomic E-state index is 13.6. The maximum Gasteiger partial charge on any atom is 0.385 e. The first-order valence-corrected chi connectivity index (χ1v) is 13.4. The molecule has 0 aliphatic rings. The Morgan fingerprint density at radius 3 is 0.893 bits per heavy atom. The predicted octanol–water partition coefficient (Wildman–Crippen LogP) is 10.8. The fraction of sp³-hybridized carbons (Fsp3) is 0.917. The van der Waals surface area contributed by atoms with Crippen LogP contribution in [0.1, 0.15) is 40.0 Å². The highest BCUT2D eigenvalue weighted by Crippen LogP contribution is 2.65. The van der Waals surface area contributed by atoms with Crippen molar-refractivity contribution in [2.75, 3.05) is 13.2 Å². The molecule has 0 aliphatic carbocycles. The molecule has 0 radical (unpaired) electrons. The smallest absolute Gasteiger partial charge is 0.385 e. The number of aliphatic carboxylic acids is 1. The summed E-state index contributed by atoms with van der Waals surface area (Å²) >= 11 is 0. The number of halogens is 28. The summed E-state index contributed by atoms with van der Waals surface area (Å²) in [5.74, 6) is -107. The van der Waals surface area contributed by atoms with Gasteiger partial charge in [-0.25, -0.2) is 0 Å². The molecule has 0 rings (SSSR count). The summed E-state index contributed by atoms with van der Waals surface area (Å²) in [4.78, 5) is 20.4. The Hall–Kier alpha value is -2.86. The van der Waals surface area contributed by atoms with Gasteiger partial charge in [0, 0.05) is 26.7 Å². The summed E-state index contributed by atoms with van der Waals surface area (Å²) in [6.45, 7) is -4.38. The molecule has 56 heavy (non-hydrogen) atoms. The largest absolute Gasteiger partial charge is 0.481 e. The van der Waals surface area contributed by atoms with Gasteiger partial charge < -0.3 is 9.84 Å². The Labute approximate surface area is 291 Å². The molecule has 0 fully saturated rings. The first-order chi connectivity index (χ1) is 23.8. The minimum atomic E-state index is -8.77. The van der Waals surface area contributed by atoms with Gasteiger partial charge >= 0.3 is 88.9 Å². The molecule has 0 aromatic heterocycles. The second kappa shape index (κ2) is 15.7. The van der Waals surface area contributed by atoms with Crippen LogP contribution in [0, 0.1) is 0 Å². The lowest BCUT2D eigenvalue weighted by Gasteiger charge is -2.44. The minimum absolute atomic E-state index is 0.720. The lowest BCUT2D eigenvalue weighted by atomic mass is 9.86. The van der Waals surface area contributed by atoms with Crippen LogP contribution in [0.5, 0.6) is 0 Å². The first-order valence-electron chi connectivity index (χ1n) is 13.4. The molecule has 32 heteroatoms. The molecule has 0 saturated heterocycles. The average Bonchev–Trinajstić information content (AvgIpc) is 2.96. The highest BCUT2D eigenvalue weighted by molar-refractivity contribution is 5.76. The van der Waals surface area contributed by atoms with Crippen molar-refractivity contribution in [1.29, 1.82) is 0 Å². The molecule has 0 aromatic carbocycles. The Morgan fingerprint density at radius 1 is 0.411 bits per heavy atom. The van der Waals surface area contributed by atoms with Crippen LogP contribution in [0.25, 0.3) is 0 Å². The molecule has 0 heterocycles. The third kappa shape index (κ3) is 9.06. The van der Waals surface area contributed by atoms with Crippen LogP contribution in [0.4, 0.5) is 123 Å². The molecule has 0 bridgehead atoms. The summed E-state index contributed by atoms with van der Waals surface area (Å²) in [6.07, 6.45) is -6.96. The summed E-state index contributed by atoms with van der Waals surface area (Å²) in [5.41, 5.74) is 0. The zero-order chi connectivity index (χ0) is 46.4. The molecule has 1 N–H and O–H groups in total. The summed E-state index contributed by atoms with van der Waals surface area (Å²) < 4.78 is 372. The standard InChI is InChI=1S/C15H12F18O2.C9H8F10O2/c1-6(34)5-35-4-3-8(18,19)10(22,23)12(26,27)14(30,31)15(32,33)13(28,29)11(24,25)9(20,21)7(2,16)17;1-5(10,11)7(14,15)9(18,19)8(16,17)6(12,13)3-2-4(20)21/h3-5H2,1-2H3;2-3H2,1H3,(H,20,21). The Balaban J connectivity index is 0. The van der Waals surface area contributed by atoms with Gasteiger partial charge in [-0.05, 0) is 6.92 Å². The molecule has 4 nitrogen and oxygen atoms in total. The van der Waals surface area contributed by atoms with Gasteiger partial charge in [0.1, 0.15) is 6.61 Å². The van der Waals surface area contributed by atoms with E-state index < -0.39 is 141 Å². The van der Waals surface area contributed by atoms with Crippen molar-refractivity contribution in [3.63, 3.8) is 0 Å². The van der Waals surface area contributed by atoms with Crippen LogP contribution in [-0.4, -0.2) is 113 Å². The summed E-state index contributed by atoms with van der Waals surface area (Å²) in [6, 6.07) is 0. The highest BCUT2D eigenvalue weighted by atomic mass is 19.4. The molecular formula is C24H20F28O4. The number of alkyl halides is 28. The lowest BCUT2D eigenvalue weighted by molar-refractivity contribution is -0.461. The lowest BCUT2D eigenvalue weighted by Crippen LogP contribution is -2.75. The van der Waals surface area contributed by atoms with Crippen molar-refractivity contribution < 1.29 is 142 Å². The van der Waals surface area contributed by atoms with Crippen LogP contribution in [0.2, 0.25) is 0 Å². The molecule has 0 saturated carbocycles. The van der Waals surface area contributed by atoms with Crippen LogP contribution < -0.4 is 0 Å². The fourth-order valence-electron chi connectivity index (χ4n) is 3.19. The predicted molar refractivity (Wildman–Crippen MR) is 124 cm³/mol.